The van der Waals surface area contributed by atoms with Crippen LogP contribution in [0.15, 0.2) is 217 Å². The van der Waals surface area contributed by atoms with Gasteiger partial charge in [-0.15, -0.1) is 0 Å². The number of thiol groups is 1. The van der Waals surface area contributed by atoms with Crippen LogP contribution in [0.3, 0.4) is 0 Å². The van der Waals surface area contributed by atoms with Crippen molar-refractivity contribution in [2.24, 2.45) is 0 Å². The lowest BCUT2D eigenvalue weighted by molar-refractivity contribution is -0.588. The molecule has 294 valence electrons. The van der Waals surface area contributed by atoms with Crippen LogP contribution in [0.4, 0.5) is 17.1 Å². The van der Waals surface area contributed by atoms with Gasteiger partial charge in [0, 0.05) is 39.3 Å². The Morgan fingerprint density at radius 2 is 1.23 bits per heavy atom. The van der Waals surface area contributed by atoms with E-state index in [9.17, 15) is 0 Å². The molecule has 0 saturated carbocycles. The molecule has 2 atom stereocenters. The van der Waals surface area contributed by atoms with Gasteiger partial charge >= 0.3 is 0 Å². The van der Waals surface area contributed by atoms with Gasteiger partial charge in [-0.1, -0.05) is 115 Å². The molecule has 2 aliphatic heterocycles. The highest BCUT2D eigenvalue weighted by Gasteiger charge is 2.46. The zero-order valence-electron chi connectivity index (χ0n) is 34.3. The summed E-state index contributed by atoms with van der Waals surface area (Å²) in [6.07, 6.45) is 5.66. The SMILES string of the molecule is CC12CC(c3ccc4c(c3)c3ccccc3n4-c3ccccc3)=CC=C1N(c1ccccc1)c1ccc(-c3ccc4c(ccc5ccc6c(c54)[NH2+]C(c4ccccc4)[SH+]6)c3)cc12. The van der Waals surface area contributed by atoms with E-state index in [1.165, 1.54) is 122 Å². The first-order valence-corrected chi connectivity index (χ1v) is 22.7. The third kappa shape index (κ3) is 5.37. The summed E-state index contributed by atoms with van der Waals surface area (Å²) in [7, 11) is 0. The summed E-state index contributed by atoms with van der Waals surface area (Å²) >= 11 is 1.36. The summed E-state index contributed by atoms with van der Waals surface area (Å²) in [5.74, 6) is 0. The third-order valence-corrected chi connectivity index (χ3v) is 15.2. The van der Waals surface area contributed by atoms with Gasteiger partial charge in [0.05, 0.1) is 39.4 Å². The van der Waals surface area contributed by atoms with Gasteiger partial charge in [0.2, 0.25) is 4.90 Å². The van der Waals surface area contributed by atoms with Crippen LogP contribution in [0.2, 0.25) is 0 Å². The number of anilines is 2. The molecule has 2 N–H and O–H groups in total. The topological polar surface area (TPSA) is 24.8 Å². The maximum Gasteiger partial charge on any atom is 0.272 e. The number of quaternary nitrogens is 1. The van der Waals surface area contributed by atoms with Crippen LogP contribution in [0.1, 0.15) is 35.4 Å². The fourth-order valence-corrected chi connectivity index (χ4v) is 12.1. The second-order valence-electron chi connectivity index (χ2n) is 17.3. The highest BCUT2D eigenvalue weighted by Crippen LogP contribution is 2.57. The molecule has 3 heterocycles. The number of hydrogen-bond donors (Lipinski definition) is 1. The Hall–Kier alpha value is -7.11. The van der Waals surface area contributed by atoms with Crippen molar-refractivity contribution in [3.8, 4) is 16.8 Å². The van der Waals surface area contributed by atoms with E-state index in [0.29, 0.717) is 5.37 Å². The molecular formula is C58H43N3S+2. The van der Waals surface area contributed by atoms with Gasteiger partial charge in [-0.25, -0.2) is 0 Å². The molecular weight excluding hydrogens is 771 g/mol. The minimum Gasteiger partial charge on any atom is -0.313 e. The molecule has 1 aliphatic carbocycles. The van der Waals surface area contributed by atoms with Gasteiger partial charge in [0.15, 0.2) is 5.69 Å². The standard InChI is InChI=1S/C58H41N3S/c1-58-36-43(40-24-29-51-48(34-40)47-19-11-12-20-50(47)60(51)44-15-7-3-8-16-44)27-32-54(58)61(45-17-9-4-10-18-45)52-30-25-41(35-49(52)58)39-23-28-46-42(33-39)22-21-37-26-31-53-56(55(37)46)59-57(62-53)38-13-5-2-6-14-38/h2-35,57,59H,36H2,1H3/p+2. The quantitative estimate of drug-likeness (QED) is 0.0796. The molecule has 0 fully saturated rings. The van der Waals surface area contributed by atoms with Crippen molar-refractivity contribution in [2.75, 3.05) is 4.90 Å². The Balaban J connectivity index is 0.906. The van der Waals surface area contributed by atoms with Crippen molar-refractivity contribution in [3.63, 3.8) is 0 Å². The Kier molecular flexibility index (Phi) is 7.87. The second-order valence-corrected chi connectivity index (χ2v) is 18.6. The number of nitrogens with two attached hydrogens (primary N) is 1. The average molecular weight is 814 g/mol. The minimum atomic E-state index is -0.240. The molecule has 1 aromatic heterocycles. The molecule has 3 nitrogen and oxygen atoms in total. The number of hydrogen-bond acceptors (Lipinski definition) is 1. The lowest BCUT2D eigenvalue weighted by Crippen LogP contribution is -2.77. The summed E-state index contributed by atoms with van der Waals surface area (Å²) in [6, 6.07) is 72.1. The lowest BCUT2D eigenvalue weighted by Gasteiger charge is -2.34. The molecule has 0 amide bonds. The zero-order chi connectivity index (χ0) is 40.9. The molecule has 0 bridgehead atoms. The van der Waals surface area contributed by atoms with Gasteiger partial charge in [-0.05, 0) is 142 Å². The Morgan fingerprint density at radius 1 is 0.548 bits per heavy atom. The van der Waals surface area contributed by atoms with E-state index in [2.05, 4.69) is 228 Å². The number of benzene rings is 9. The van der Waals surface area contributed by atoms with E-state index in [-0.39, 0.29) is 5.41 Å². The van der Waals surface area contributed by atoms with E-state index in [4.69, 9.17) is 0 Å². The predicted octanol–water partition coefficient (Wildman–Crippen LogP) is 13.6. The van der Waals surface area contributed by atoms with Gasteiger partial charge in [0.25, 0.3) is 5.37 Å². The summed E-state index contributed by atoms with van der Waals surface area (Å²) in [6.45, 7) is 2.46. The molecule has 0 saturated heterocycles. The number of fused-ring (bicyclic) bond motifs is 11. The maximum atomic E-state index is 2.50. The van der Waals surface area contributed by atoms with Crippen molar-refractivity contribution in [1.82, 2.24) is 4.57 Å². The molecule has 3 aliphatic rings. The van der Waals surface area contributed by atoms with Gasteiger partial charge in [-0.2, -0.15) is 0 Å². The van der Waals surface area contributed by atoms with E-state index in [0.717, 1.165) is 6.42 Å². The summed E-state index contributed by atoms with van der Waals surface area (Å²) in [5, 5.41) is 10.7. The number of aromatic nitrogens is 1. The molecule has 9 aromatic carbocycles. The molecule has 0 radical (unpaired) electrons. The van der Waals surface area contributed by atoms with Gasteiger partial charge < -0.3 is 9.47 Å². The monoisotopic (exact) mass is 813 g/mol. The van der Waals surface area contributed by atoms with Crippen molar-refractivity contribution in [1.29, 1.82) is 0 Å². The smallest absolute Gasteiger partial charge is 0.272 e. The van der Waals surface area contributed by atoms with E-state index >= 15 is 0 Å². The second kappa shape index (κ2) is 13.7. The van der Waals surface area contributed by atoms with Crippen molar-refractivity contribution in [3.05, 3.63) is 229 Å². The first-order chi connectivity index (χ1) is 30.6. The maximum absolute atomic E-state index is 2.50. The molecule has 62 heavy (non-hydrogen) atoms. The van der Waals surface area contributed by atoms with Gasteiger partial charge in [0.1, 0.15) is 0 Å². The van der Waals surface area contributed by atoms with Crippen LogP contribution in [0, 0.1) is 0 Å². The lowest BCUT2D eigenvalue weighted by atomic mass is 9.72. The fraction of sp³-hybridized carbons (Fsp3) is 0.0690. The predicted molar refractivity (Wildman–Crippen MR) is 262 cm³/mol. The molecule has 2 unspecified atom stereocenters. The number of allylic oxidation sites excluding steroid dienone is 4. The normalized spacial score (nSPS) is 18.0. The molecule has 10 aromatic rings. The highest BCUT2D eigenvalue weighted by molar-refractivity contribution is 7.79. The van der Waals surface area contributed by atoms with Gasteiger partial charge in [-0.3, -0.25) is 5.32 Å². The summed E-state index contributed by atoms with van der Waals surface area (Å²) in [5.41, 5.74) is 16.5. The number of rotatable bonds is 5. The first-order valence-electron chi connectivity index (χ1n) is 21.7. The Labute approximate surface area is 365 Å². The first kappa shape index (κ1) is 35.6. The summed E-state index contributed by atoms with van der Waals surface area (Å²) in [4.78, 5) is 3.91. The molecule has 13 rings (SSSR count). The fourth-order valence-electron chi connectivity index (χ4n) is 10.8. The van der Waals surface area contributed by atoms with Crippen LogP contribution in [0.25, 0.3) is 65.7 Å². The number of para-hydroxylation sites is 3. The summed E-state index contributed by atoms with van der Waals surface area (Å²) < 4.78 is 2.40. The molecule has 4 heteroatoms. The van der Waals surface area contributed by atoms with Crippen LogP contribution in [0.5, 0.6) is 0 Å². The Bertz CT molecular complexity index is 3510. The highest BCUT2D eigenvalue weighted by atomic mass is 32.2. The Morgan fingerprint density at radius 3 is 2.06 bits per heavy atom. The van der Waals surface area contributed by atoms with E-state index in [1.54, 1.807) is 0 Å². The van der Waals surface area contributed by atoms with E-state index < -0.39 is 0 Å². The largest absolute Gasteiger partial charge is 0.313 e. The van der Waals surface area contributed by atoms with E-state index in [1.807, 2.05) is 0 Å². The molecule has 0 spiro atoms. The van der Waals surface area contributed by atoms with Crippen LogP contribution in [-0.4, -0.2) is 4.57 Å². The average Bonchev–Trinajstić information content (AvgIpc) is 4.00. The zero-order valence-corrected chi connectivity index (χ0v) is 35.2. The minimum absolute atomic E-state index is 0.240. The van der Waals surface area contributed by atoms with Crippen LogP contribution >= 0.6 is 0 Å². The van der Waals surface area contributed by atoms with Crippen LogP contribution < -0.4 is 10.2 Å². The number of nitrogens with zero attached hydrogens (tertiary/aromatic N) is 2. The van der Waals surface area contributed by atoms with Crippen LogP contribution in [-0.2, 0) is 17.2 Å². The van der Waals surface area contributed by atoms with Crippen molar-refractivity contribution in [2.45, 2.75) is 29.0 Å². The third-order valence-electron chi connectivity index (χ3n) is 13.8. The van der Waals surface area contributed by atoms with Crippen molar-refractivity contribution >= 4 is 77.7 Å². The van der Waals surface area contributed by atoms with Crippen molar-refractivity contribution < 1.29 is 5.32 Å².